The lowest BCUT2D eigenvalue weighted by atomic mass is 9.76. The summed E-state index contributed by atoms with van der Waals surface area (Å²) in [5, 5.41) is 3.32. The lowest BCUT2D eigenvalue weighted by Gasteiger charge is -2.28. The number of nitrogens with one attached hydrogen (secondary N) is 2. The second kappa shape index (κ2) is 6.78. The smallest absolute Gasteiger partial charge is 0.167 e. The Morgan fingerprint density at radius 1 is 1.18 bits per heavy atom. The zero-order valence-corrected chi connectivity index (χ0v) is 16.1. The van der Waals surface area contributed by atoms with E-state index in [0.717, 1.165) is 23.4 Å². The van der Waals surface area contributed by atoms with Crippen LogP contribution in [0.1, 0.15) is 36.3 Å². The van der Waals surface area contributed by atoms with Crippen LogP contribution in [0.5, 0.6) is 5.75 Å². The molecule has 0 bridgehead atoms. The standard InChI is InChI=1S/C22H22FN3O2/c1-22(2)11-16-19(17(27)12-22)21(20(26-16)13-6-8-24-9-7-13)25-15-5-4-14(23)10-18(15)28-3/h4-10,25-26H,11-12H2,1-3H3. The molecule has 3 aromatic rings. The average molecular weight is 379 g/mol. The summed E-state index contributed by atoms with van der Waals surface area (Å²) < 4.78 is 18.9. The Labute approximate surface area is 163 Å². The Kier molecular flexibility index (Phi) is 4.41. The van der Waals surface area contributed by atoms with Gasteiger partial charge in [0.1, 0.15) is 11.6 Å². The van der Waals surface area contributed by atoms with Crippen LogP contribution in [0.3, 0.4) is 0 Å². The quantitative estimate of drug-likeness (QED) is 0.660. The number of anilines is 2. The summed E-state index contributed by atoms with van der Waals surface area (Å²) >= 11 is 0. The number of ketones is 1. The van der Waals surface area contributed by atoms with Crippen molar-refractivity contribution in [2.75, 3.05) is 12.4 Å². The third-order valence-corrected chi connectivity index (χ3v) is 5.04. The van der Waals surface area contributed by atoms with Gasteiger partial charge in [0.05, 0.1) is 29.7 Å². The first-order valence-corrected chi connectivity index (χ1v) is 9.17. The molecule has 1 aliphatic carbocycles. The predicted octanol–water partition coefficient (Wildman–Crippen LogP) is 5.12. The Morgan fingerprint density at radius 2 is 1.93 bits per heavy atom. The topological polar surface area (TPSA) is 67.0 Å². The van der Waals surface area contributed by atoms with Gasteiger partial charge >= 0.3 is 0 Å². The summed E-state index contributed by atoms with van der Waals surface area (Å²) in [4.78, 5) is 20.5. The summed E-state index contributed by atoms with van der Waals surface area (Å²) in [5.74, 6) is 0.0799. The molecule has 0 spiro atoms. The fourth-order valence-electron chi connectivity index (χ4n) is 3.82. The molecule has 0 unspecified atom stereocenters. The minimum Gasteiger partial charge on any atom is -0.494 e. The van der Waals surface area contributed by atoms with Crippen LogP contribution in [-0.2, 0) is 6.42 Å². The van der Waals surface area contributed by atoms with Gasteiger partial charge in [-0.3, -0.25) is 9.78 Å². The molecule has 0 radical (unpaired) electrons. The number of benzene rings is 1. The van der Waals surface area contributed by atoms with Gasteiger partial charge in [-0.05, 0) is 36.1 Å². The van der Waals surface area contributed by atoms with Crippen LogP contribution in [0.4, 0.5) is 15.8 Å². The second-order valence-electron chi connectivity index (χ2n) is 7.87. The van der Waals surface area contributed by atoms with Crippen molar-refractivity contribution in [3.8, 4) is 17.0 Å². The lowest BCUT2D eigenvalue weighted by molar-refractivity contribution is 0.0912. The summed E-state index contributed by atoms with van der Waals surface area (Å²) in [5.41, 5.74) is 4.48. The maximum atomic E-state index is 13.6. The van der Waals surface area contributed by atoms with Gasteiger partial charge < -0.3 is 15.0 Å². The summed E-state index contributed by atoms with van der Waals surface area (Å²) in [6.07, 6.45) is 4.67. The van der Waals surface area contributed by atoms with Gasteiger partial charge in [0.25, 0.3) is 0 Å². The van der Waals surface area contributed by atoms with Crippen molar-refractivity contribution in [3.63, 3.8) is 0 Å². The molecule has 6 heteroatoms. The number of hydrogen-bond donors (Lipinski definition) is 2. The van der Waals surface area contributed by atoms with E-state index < -0.39 is 0 Å². The van der Waals surface area contributed by atoms with E-state index in [4.69, 9.17) is 4.74 Å². The molecule has 2 aromatic heterocycles. The zero-order valence-electron chi connectivity index (χ0n) is 16.1. The highest BCUT2D eigenvalue weighted by atomic mass is 19.1. The number of nitrogens with zero attached hydrogens (tertiary/aromatic N) is 1. The van der Waals surface area contributed by atoms with Crippen LogP contribution in [0.15, 0.2) is 42.7 Å². The van der Waals surface area contributed by atoms with Crippen molar-refractivity contribution in [1.29, 1.82) is 0 Å². The van der Waals surface area contributed by atoms with Crippen molar-refractivity contribution in [2.45, 2.75) is 26.7 Å². The summed E-state index contributed by atoms with van der Waals surface area (Å²) in [6, 6.07) is 8.07. The van der Waals surface area contributed by atoms with E-state index in [2.05, 4.69) is 29.1 Å². The minimum absolute atomic E-state index is 0.0892. The van der Waals surface area contributed by atoms with E-state index in [0.29, 0.717) is 29.1 Å². The fourth-order valence-corrected chi connectivity index (χ4v) is 3.82. The maximum Gasteiger partial charge on any atom is 0.167 e. The number of fused-ring (bicyclic) bond motifs is 1. The molecule has 0 aliphatic heterocycles. The van der Waals surface area contributed by atoms with Gasteiger partial charge in [-0.15, -0.1) is 0 Å². The minimum atomic E-state index is -0.384. The van der Waals surface area contributed by atoms with Gasteiger partial charge in [0.15, 0.2) is 5.78 Å². The van der Waals surface area contributed by atoms with Crippen LogP contribution >= 0.6 is 0 Å². The monoisotopic (exact) mass is 379 g/mol. The van der Waals surface area contributed by atoms with E-state index in [9.17, 15) is 9.18 Å². The molecule has 144 valence electrons. The SMILES string of the molecule is COc1cc(F)ccc1Nc1c(-c2ccncc2)[nH]c2c1C(=O)CC(C)(C)C2. The van der Waals surface area contributed by atoms with Crippen molar-refractivity contribution in [3.05, 3.63) is 59.8 Å². The van der Waals surface area contributed by atoms with Gasteiger partial charge in [0, 0.05) is 36.1 Å². The molecule has 0 atom stereocenters. The maximum absolute atomic E-state index is 13.6. The van der Waals surface area contributed by atoms with E-state index in [1.165, 1.54) is 19.2 Å². The Hall–Kier alpha value is -3.15. The number of pyridine rings is 1. The second-order valence-corrected chi connectivity index (χ2v) is 7.87. The molecule has 0 saturated carbocycles. The van der Waals surface area contributed by atoms with E-state index >= 15 is 0 Å². The van der Waals surface area contributed by atoms with Crippen LogP contribution < -0.4 is 10.1 Å². The van der Waals surface area contributed by atoms with Gasteiger partial charge in [-0.25, -0.2) is 4.39 Å². The molecule has 1 aliphatic rings. The molecule has 4 rings (SSSR count). The number of carbonyl (C=O) groups is 1. The number of halogens is 1. The van der Waals surface area contributed by atoms with E-state index in [-0.39, 0.29) is 17.0 Å². The highest BCUT2D eigenvalue weighted by Crippen LogP contribution is 2.44. The first kappa shape index (κ1) is 18.2. The predicted molar refractivity (Wildman–Crippen MR) is 107 cm³/mol. The largest absolute Gasteiger partial charge is 0.494 e. The van der Waals surface area contributed by atoms with Crippen molar-refractivity contribution < 1.29 is 13.9 Å². The van der Waals surface area contributed by atoms with Crippen LogP contribution in [0.2, 0.25) is 0 Å². The number of rotatable bonds is 4. The molecule has 28 heavy (non-hydrogen) atoms. The number of ether oxygens (including phenoxy) is 1. The van der Waals surface area contributed by atoms with Gasteiger partial charge in [-0.1, -0.05) is 13.8 Å². The number of methoxy groups -OCH3 is 1. The Morgan fingerprint density at radius 3 is 2.64 bits per heavy atom. The number of aromatic nitrogens is 2. The number of Topliss-reactive ketones (excluding diaryl/α,β-unsaturated/α-hetero) is 1. The van der Waals surface area contributed by atoms with Crippen molar-refractivity contribution >= 4 is 17.2 Å². The molecular formula is C22H22FN3O2. The van der Waals surface area contributed by atoms with Crippen LogP contribution in [0, 0.1) is 11.2 Å². The summed E-state index contributed by atoms with van der Waals surface area (Å²) in [7, 11) is 1.49. The Balaban J connectivity index is 1.88. The summed E-state index contributed by atoms with van der Waals surface area (Å²) in [6.45, 7) is 4.19. The third-order valence-electron chi connectivity index (χ3n) is 5.04. The van der Waals surface area contributed by atoms with E-state index in [1.807, 2.05) is 12.1 Å². The lowest BCUT2D eigenvalue weighted by Crippen LogP contribution is -2.26. The molecule has 2 N–H and O–H groups in total. The molecule has 5 nitrogen and oxygen atoms in total. The number of aromatic amines is 1. The number of carbonyl (C=O) groups excluding carboxylic acids is 1. The molecule has 1 aromatic carbocycles. The molecule has 0 amide bonds. The number of hydrogen-bond acceptors (Lipinski definition) is 4. The fraction of sp³-hybridized carbons (Fsp3) is 0.273. The normalized spacial score (nSPS) is 15.2. The first-order chi connectivity index (χ1) is 13.4. The highest BCUT2D eigenvalue weighted by molar-refractivity contribution is 6.07. The van der Waals surface area contributed by atoms with Gasteiger partial charge in [-0.2, -0.15) is 0 Å². The molecule has 0 saturated heterocycles. The van der Waals surface area contributed by atoms with Crippen LogP contribution in [-0.4, -0.2) is 22.9 Å². The van der Waals surface area contributed by atoms with Gasteiger partial charge in [0.2, 0.25) is 0 Å². The average Bonchev–Trinajstić information content (AvgIpc) is 3.01. The Bertz CT molecular complexity index is 1040. The first-order valence-electron chi connectivity index (χ1n) is 9.17. The molecule has 0 fully saturated rings. The zero-order chi connectivity index (χ0) is 19.9. The molecular weight excluding hydrogens is 357 g/mol. The van der Waals surface area contributed by atoms with Crippen molar-refractivity contribution in [1.82, 2.24) is 9.97 Å². The number of H-pyrrole nitrogens is 1. The van der Waals surface area contributed by atoms with E-state index in [1.54, 1.807) is 18.5 Å². The van der Waals surface area contributed by atoms with Crippen LogP contribution in [0.25, 0.3) is 11.3 Å². The molecule has 2 heterocycles. The highest BCUT2D eigenvalue weighted by Gasteiger charge is 2.35. The van der Waals surface area contributed by atoms with Crippen molar-refractivity contribution in [2.24, 2.45) is 5.41 Å². The third kappa shape index (κ3) is 3.26.